The third-order valence-electron chi connectivity index (χ3n) is 12.3. The van der Waals surface area contributed by atoms with Crippen molar-refractivity contribution in [2.75, 3.05) is 23.3 Å². The van der Waals surface area contributed by atoms with Gasteiger partial charge in [-0.25, -0.2) is 0 Å². The second-order valence-corrected chi connectivity index (χ2v) is 18.0. The zero-order valence-electron chi connectivity index (χ0n) is 36.3. The summed E-state index contributed by atoms with van der Waals surface area (Å²) < 4.78 is 0. The molecule has 1 aliphatic heterocycles. The highest BCUT2D eigenvalue weighted by atomic mass is 15.2. The highest BCUT2D eigenvalue weighted by molar-refractivity contribution is 5.95. The Balaban J connectivity index is 1.18. The molecule has 0 saturated heterocycles. The Kier molecular flexibility index (Phi) is 13.4. The van der Waals surface area contributed by atoms with Gasteiger partial charge >= 0.3 is 0 Å². The van der Waals surface area contributed by atoms with E-state index in [-0.39, 0.29) is 10.8 Å². The summed E-state index contributed by atoms with van der Waals surface area (Å²) in [5.74, 6) is 1.27. The Bertz CT molecular complexity index is 2430. The summed E-state index contributed by atoms with van der Waals surface area (Å²) >= 11 is 0. The Morgan fingerprint density at radius 3 is 1.93 bits per heavy atom. The SMILES string of the molecule is CC(C)CCNc1ccc2ccccc2c1C(C)(C/C=C/C=C/C=C/C=C1/N(CCC(C)C)c2ccc3ccccc3c2C1(C)Cc1ccccc1)Cc1ccccc1. The van der Waals surface area contributed by atoms with E-state index in [4.69, 9.17) is 0 Å². The lowest BCUT2D eigenvalue weighted by Gasteiger charge is -2.33. The van der Waals surface area contributed by atoms with Crippen molar-refractivity contribution in [2.24, 2.45) is 11.8 Å². The fraction of sp³-hybridized carbons (Fsp3) is 0.298. The third-order valence-corrected chi connectivity index (χ3v) is 12.3. The molecule has 1 heterocycles. The summed E-state index contributed by atoms with van der Waals surface area (Å²) in [6.45, 7) is 16.1. The number of hydrogen-bond acceptors (Lipinski definition) is 2. The maximum Gasteiger partial charge on any atom is 0.0457 e. The van der Waals surface area contributed by atoms with Gasteiger partial charge in [-0.2, -0.15) is 0 Å². The average molecular weight is 777 g/mol. The van der Waals surface area contributed by atoms with Crippen LogP contribution >= 0.6 is 0 Å². The van der Waals surface area contributed by atoms with E-state index in [0.717, 1.165) is 45.2 Å². The second-order valence-electron chi connectivity index (χ2n) is 18.0. The summed E-state index contributed by atoms with van der Waals surface area (Å²) in [5.41, 5.74) is 9.25. The molecule has 0 aliphatic carbocycles. The molecule has 2 heteroatoms. The summed E-state index contributed by atoms with van der Waals surface area (Å²) in [5, 5.41) is 9.16. The van der Waals surface area contributed by atoms with Crippen LogP contribution in [0.4, 0.5) is 11.4 Å². The maximum atomic E-state index is 3.87. The molecule has 0 radical (unpaired) electrons. The molecule has 7 rings (SSSR count). The summed E-state index contributed by atoms with van der Waals surface area (Å²) in [6, 6.07) is 49.1. The van der Waals surface area contributed by atoms with Crippen LogP contribution < -0.4 is 10.2 Å². The van der Waals surface area contributed by atoms with E-state index in [0.29, 0.717) is 11.8 Å². The third kappa shape index (κ3) is 9.66. The van der Waals surface area contributed by atoms with Crippen molar-refractivity contribution in [1.29, 1.82) is 0 Å². The molecule has 2 atom stereocenters. The smallest absolute Gasteiger partial charge is 0.0457 e. The number of anilines is 2. The first-order valence-electron chi connectivity index (χ1n) is 22.0. The molecule has 302 valence electrons. The van der Waals surface area contributed by atoms with Gasteiger partial charge in [0.2, 0.25) is 0 Å². The van der Waals surface area contributed by atoms with Gasteiger partial charge in [0.05, 0.1) is 0 Å². The van der Waals surface area contributed by atoms with Crippen LogP contribution in [0, 0.1) is 11.8 Å². The van der Waals surface area contributed by atoms with Crippen molar-refractivity contribution in [3.05, 3.63) is 204 Å². The fourth-order valence-corrected chi connectivity index (χ4v) is 9.33. The Morgan fingerprint density at radius 1 is 0.627 bits per heavy atom. The van der Waals surface area contributed by atoms with Crippen LogP contribution in [0.3, 0.4) is 0 Å². The lowest BCUT2D eigenvalue weighted by atomic mass is 9.72. The van der Waals surface area contributed by atoms with Crippen molar-refractivity contribution in [2.45, 2.75) is 84.5 Å². The van der Waals surface area contributed by atoms with Crippen molar-refractivity contribution in [3.63, 3.8) is 0 Å². The van der Waals surface area contributed by atoms with Gasteiger partial charge in [0.25, 0.3) is 0 Å². The molecule has 6 aromatic carbocycles. The number of allylic oxidation sites excluding steroid dienone is 8. The Morgan fingerprint density at radius 2 is 1.22 bits per heavy atom. The molecule has 2 nitrogen and oxygen atoms in total. The molecule has 2 unspecified atom stereocenters. The van der Waals surface area contributed by atoms with Gasteiger partial charge in [-0.15, -0.1) is 0 Å². The van der Waals surface area contributed by atoms with E-state index in [9.17, 15) is 0 Å². The zero-order valence-corrected chi connectivity index (χ0v) is 36.3. The van der Waals surface area contributed by atoms with E-state index >= 15 is 0 Å². The van der Waals surface area contributed by atoms with Crippen LogP contribution in [0.5, 0.6) is 0 Å². The zero-order chi connectivity index (χ0) is 41.2. The van der Waals surface area contributed by atoms with Gasteiger partial charge in [0.15, 0.2) is 0 Å². The molecule has 0 amide bonds. The molecule has 0 fully saturated rings. The lowest BCUT2D eigenvalue weighted by molar-refractivity contribution is 0.480. The first-order chi connectivity index (χ1) is 28.7. The van der Waals surface area contributed by atoms with Crippen LogP contribution in [0.15, 0.2) is 182 Å². The van der Waals surface area contributed by atoms with Crippen molar-refractivity contribution >= 4 is 32.9 Å². The van der Waals surface area contributed by atoms with E-state index < -0.39 is 0 Å². The van der Waals surface area contributed by atoms with E-state index in [1.54, 1.807) is 0 Å². The van der Waals surface area contributed by atoms with Gasteiger partial charge in [0.1, 0.15) is 0 Å². The summed E-state index contributed by atoms with van der Waals surface area (Å²) in [6.07, 6.45) is 20.9. The highest BCUT2D eigenvalue weighted by Crippen LogP contribution is 2.52. The van der Waals surface area contributed by atoms with Crippen LogP contribution in [0.1, 0.15) is 83.1 Å². The number of nitrogens with zero attached hydrogens (tertiary/aromatic N) is 1. The monoisotopic (exact) mass is 777 g/mol. The molecule has 0 spiro atoms. The number of hydrogen-bond donors (Lipinski definition) is 1. The van der Waals surface area contributed by atoms with Crippen LogP contribution in [0.25, 0.3) is 21.5 Å². The van der Waals surface area contributed by atoms with Gasteiger partial charge in [-0.1, -0.05) is 192 Å². The van der Waals surface area contributed by atoms with Crippen LogP contribution in [0.2, 0.25) is 0 Å². The van der Waals surface area contributed by atoms with Crippen molar-refractivity contribution in [1.82, 2.24) is 0 Å². The average Bonchev–Trinajstić information content (AvgIpc) is 3.47. The lowest BCUT2D eigenvalue weighted by Crippen LogP contribution is -2.31. The molecule has 1 N–H and O–H groups in total. The van der Waals surface area contributed by atoms with Crippen molar-refractivity contribution in [3.8, 4) is 0 Å². The normalized spacial score (nSPS) is 17.4. The maximum absolute atomic E-state index is 3.87. The van der Waals surface area contributed by atoms with E-state index in [2.05, 4.69) is 228 Å². The van der Waals surface area contributed by atoms with E-state index in [1.165, 1.54) is 60.9 Å². The Labute approximate surface area is 355 Å². The second kappa shape index (κ2) is 19.0. The van der Waals surface area contributed by atoms with Crippen LogP contribution in [-0.2, 0) is 23.7 Å². The van der Waals surface area contributed by atoms with Gasteiger partial charge in [-0.3, -0.25) is 0 Å². The van der Waals surface area contributed by atoms with Crippen molar-refractivity contribution < 1.29 is 0 Å². The van der Waals surface area contributed by atoms with Gasteiger partial charge < -0.3 is 10.2 Å². The minimum Gasteiger partial charge on any atom is -0.385 e. The fourth-order valence-electron chi connectivity index (χ4n) is 9.33. The molecule has 0 aromatic heterocycles. The highest BCUT2D eigenvalue weighted by Gasteiger charge is 2.44. The standard InChI is InChI=1S/C57H64N2/c1-43(2)36-39-58-51-34-32-47-27-18-20-29-49(47)54(51)56(5,41-45-23-13-11-14-24-45)38-22-10-8-7-9-17-31-53-57(6,42-46-25-15-12-16-26-46)55-50-30-21-19-28-48(50)33-35-52(55)59(53)40-37-44(3)4/h7-35,43-44,58H,36-42H2,1-6H3/b8-7+,17-9+,22-10+,53-31+. The molecule has 1 aliphatic rings. The number of rotatable bonds is 17. The molecule has 6 aromatic rings. The molecular formula is C57H64N2. The predicted octanol–water partition coefficient (Wildman–Crippen LogP) is 15.0. The minimum absolute atomic E-state index is 0.128. The van der Waals surface area contributed by atoms with Crippen LogP contribution in [-0.4, -0.2) is 13.1 Å². The first kappa shape index (κ1) is 41.6. The number of fused-ring (bicyclic) bond motifs is 4. The quantitative estimate of drug-likeness (QED) is 0.0928. The predicted molar refractivity (Wildman–Crippen MR) is 258 cm³/mol. The molecule has 0 saturated carbocycles. The number of nitrogens with one attached hydrogen (secondary N) is 1. The largest absolute Gasteiger partial charge is 0.385 e. The molecular weight excluding hydrogens is 713 g/mol. The topological polar surface area (TPSA) is 15.3 Å². The minimum atomic E-state index is -0.185. The van der Waals surface area contributed by atoms with Gasteiger partial charge in [0, 0.05) is 41.0 Å². The number of benzene rings is 6. The summed E-state index contributed by atoms with van der Waals surface area (Å²) in [7, 11) is 0. The Hall–Kier alpha value is -5.60. The first-order valence-corrected chi connectivity index (χ1v) is 22.0. The molecule has 59 heavy (non-hydrogen) atoms. The summed E-state index contributed by atoms with van der Waals surface area (Å²) in [4.78, 5) is 2.62. The van der Waals surface area contributed by atoms with Gasteiger partial charge in [-0.05, 0) is 113 Å². The van der Waals surface area contributed by atoms with E-state index in [1.807, 2.05) is 0 Å². The molecule has 0 bridgehead atoms.